The highest BCUT2D eigenvalue weighted by molar-refractivity contribution is 14.1. The lowest BCUT2D eigenvalue weighted by molar-refractivity contribution is 0.411. The molecule has 0 radical (unpaired) electrons. The largest absolute Gasteiger partial charge is 0.496 e. The number of ether oxygens (including phenoxy) is 1. The third-order valence-electron chi connectivity index (χ3n) is 4.24. The van der Waals surface area contributed by atoms with Crippen molar-refractivity contribution in [3.05, 3.63) is 75.9 Å². The lowest BCUT2D eigenvalue weighted by Crippen LogP contribution is -2.15. The van der Waals surface area contributed by atoms with Crippen LogP contribution in [0, 0.1) is 10.5 Å². The van der Waals surface area contributed by atoms with E-state index in [4.69, 9.17) is 4.74 Å². The van der Waals surface area contributed by atoms with E-state index in [-0.39, 0.29) is 15.5 Å². The van der Waals surface area contributed by atoms with Gasteiger partial charge >= 0.3 is 0 Å². The second kappa shape index (κ2) is 8.82. The summed E-state index contributed by atoms with van der Waals surface area (Å²) in [6.45, 7) is 1.80. The van der Waals surface area contributed by atoms with Crippen LogP contribution in [0.1, 0.15) is 5.56 Å². The van der Waals surface area contributed by atoms with E-state index >= 15 is 0 Å². The predicted molar refractivity (Wildman–Crippen MR) is 125 cm³/mol. The Bertz CT molecular complexity index is 1270. The maximum Gasteiger partial charge on any atom is 0.261 e. The summed E-state index contributed by atoms with van der Waals surface area (Å²) in [7, 11) is -6.14. The minimum atomic E-state index is -3.84. The van der Waals surface area contributed by atoms with Crippen LogP contribution in [-0.4, -0.2) is 23.9 Å². The Morgan fingerprint density at radius 3 is 2.00 bits per heavy atom. The number of rotatable bonds is 7. The number of nitrogens with one attached hydrogen (secondary N) is 2. The molecule has 10 heteroatoms. The summed E-state index contributed by atoms with van der Waals surface area (Å²) in [4.78, 5) is 0.0957. The first-order chi connectivity index (χ1) is 14.1. The maximum absolute atomic E-state index is 12.6. The van der Waals surface area contributed by atoms with Gasteiger partial charge in [0.15, 0.2) is 0 Å². The van der Waals surface area contributed by atoms with Gasteiger partial charge in [0, 0.05) is 5.69 Å². The van der Waals surface area contributed by atoms with E-state index in [9.17, 15) is 16.8 Å². The average Bonchev–Trinajstić information content (AvgIpc) is 2.69. The first-order valence-corrected chi connectivity index (χ1v) is 12.7. The van der Waals surface area contributed by atoms with Gasteiger partial charge in [-0.05, 0) is 83.6 Å². The van der Waals surface area contributed by atoms with Crippen LogP contribution in [0.15, 0.2) is 76.5 Å². The predicted octanol–water partition coefficient (Wildman–Crippen LogP) is 4.21. The van der Waals surface area contributed by atoms with E-state index in [1.807, 2.05) is 28.7 Å². The van der Waals surface area contributed by atoms with E-state index < -0.39 is 20.0 Å². The molecule has 158 valence electrons. The molecule has 0 aromatic heterocycles. The molecule has 0 aliphatic carbocycles. The Morgan fingerprint density at radius 2 is 1.40 bits per heavy atom. The summed E-state index contributed by atoms with van der Waals surface area (Å²) in [6, 6.07) is 17.0. The van der Waals surface area contributed by atoms with Gasteiger partial charge in [-0.1, -0.05) is 18.2 Å². The van der Waals surface area contributed by atoms with Crippen molar-refractivity contribution < 1.29 is 21.6 Å². The lowest BCUT2D eigenvalue weighted by Gasteiger charge is -2.12. The Kier molecular flexibility index (Phi) is 6.58. The average molecular weight is 558 g/mol. The molecule has 30 heavy (non-hydrogen) atoms. The zero-order valence-corrected chi connectivity index (χ0v) is 19.9. The molecule has 0 heterocycles. The van der Waals surface area contributed by atoms with Gasteiger partial charge in [-0.15, -0.1) is 0 Å². The number of hydrogen-bond acceptors (Lipinski definition) is 5. The van der Waals surface area contributed by atoms with Crippen LogP contribution in [0.5, 0.6) is 5.75 Å². The second-order valence-electron chi connectivity index (χ2n) is 6.35. The molecule has 0 fully saturated rings. The van der Waals surface area contributed by atoms with Gasteiger partial charge in [0.25, 0.3) is 20.0 Å². The molecule has 7 nitrogen and oxygen atoms in total. The van der Waals surface area contributed by atoms with Gasteiger partial charge in [-0.2, -0.15) is 0 Å². The first-order valence-electron chi connectivity index (χ1n) is 8.67. The highest BCUT2D eigenvalue weighted by Crippen LogP contribution is 2.26. The topological polar surface area (TPSA) is 102 Å². The SMILES string of the molecule is COc1ccc(S(=O)(=O)Nc2ccc(S(=O)(=O)Nc3ccccc3C)cc2)cc1I. The van der Waals surface area contributed by atoms with E-state index in [1.54, 1.807) is 31.2 Å². The van der Waals surface area contributed by atoms with Crippen molar-refractivity contribution in [2.75, 3.05) is 16.6 Å². The van der Waals surface area contributed by atoms with Gasteiger partial charge in [0.1, 0.15) is 5.75 Å². The van der Waals surface area contributed by atoms with Gasteiger partial charge in [-0.25, -0.2) is 16.8 Å². The lowest BCUT2D eigenvalue weighted by atomic mass is 10.2. The summed E-state index contributed by atoms with van der Waals surface area (Å²) in [5.41, 5.74) is 1.52. The highest BCUT2D eigenvalue weighted by Gasteiger charge is 2.18. The van der Waals surface area contributed by atoms with Crippen LogP contribution in [0.3, 0.4) is 0 Å². The van der Waals surface area contributed by atoms with Crippen molar-refractivity contribution >= 4 is 54.0 Å². The number of hydrogen-bond donors (Lipinski definition) is 2. The molecular weight excluding hydrogens is 539 g/mol. The van der Waals surface area contributed by atoms with Crippen LogP contribution in [-0.2, 0) is 20.0 Å². The molecule has 2 N–H and O–H groups in total. The minimum absolute atomic E-state index is 0.0210. The number of sulfonamides is 2. The van der Waals surface area contributed by atoms with E-state index in [1.165, 1.54) is 43.5 Å². The summed E-state index contributed by atoms with van der Waals surface area (Å²) < 4.78 is 61.2. The molecule has 0 saturated carbocycles. The molecule has 0 aliphatic heterocycles. The van der Waals surface area contributed by atoms with Crippen molar-refractivity contribution in [1.29, 1.82) is 0 Å². The van der Waals surface area contributed by atoms with Crippen molar-refractivity contribution in [2.24, 2.45) is 0 Å². The number of para-hydroxylation sites is 1. The fourth-order valence-electron chi connectivity index (χ4n) is 2.62. The number of halogens is 1. The Hall–Kier alpha value is -2.31. The second-order valence-corrected chi connectivity index (χ2v) is 10.9. The molecule has 3 rings (SSSR count). The summed E-state index contributed by atoms with van der Waals surface area (Å²) in [5, 5.41) is 0. The molecule has 0 unspecified atom stereocenters. The fourth-order valence-corrected chi connectivity index (χ4v) is 5.78. The van der Waals surface area contributed by atoms with Gasteiger partial charge in [0.2, 0.25) is 0 Å². The van der Waals surface area contributed by atoms with E-state index in [2.05, 4.69) is 9.44 Å². The summed E-state index contributed by atoms with van der Waals surface area (Å²) >= 11 is 1.99. The molecule has 0 bridgehead atoms. The third-order valence-corrected chi connectivity index (χ3v) is 7.84. The third kappa shape index (κ3) is 5.05. The smallest absolute Gasteiger partial charge is 0.261 e. The van der Waals surface area contributed by atoms with Crippen LogP contribution in [0.25, 0.3) is 0 Å². The zero-order chi connectivity index (χ0) is 21.9. The van der Waals surface area contributed by atoms with Crippen LogP contribution >= 0.6 is 22.6 Å². The maximum atomic E-state index is 12.6. The molecule has 3 aromatic carbocycles. The molecule has 0 atom stereocenters. The van der Waals surface area contributed by atoms with Crippen LogP contribution < -0.4 is 14.2 Å². The van der Waals surface area contributed by atoms with Crippen molar-refractivity contribution in [1.82, 2.24) is 0 Å². The van der Waals surface area contributed by atoms with Crippen LogP contribution in [0.4, 0.5) is 11.4 Å². The summed E-state index contributed by atoms with van der Waals surface area (Å²) in [6.07, 6.45) is 0. The Morgan fingerprint density at radius 1 is 0.800 bits per heavy atom. The molecule has 0 saturated heterocycles. The van der Waals surface area contributed by atoms with Crippen molar-refractivity contribution in [3.8, 4) is 5.75 Å². The number of methoxy groups -OCH3 is 1. The molecule has 3 aromatic rings. The van der Waals surface area contributed by atoms with Crippen LogP contribution in [0.2, 0.25) is 0 Å². The molecule has 0 aliphatic rings. The number of anilines is 2. The first kappa shape index (κ1) is 22.4. The zero-order valence-electron chi connectivity index (χ0n) is 16.1. The van der Waals surface area contributed by atoms with Gasteiger partial charge in [0.05, 0.1) is 26.2 Å². The minimum Gasteiger partial charge on any atom is -0.496 e. The summed E-state index contributed by atoms with van der Waals surface area (Å²) in [5.74, 6) is 0.574. The van der Waals surface area contributed by atoms with E-state index in [0.29, 0.717) is 15.0 Å². The molecular formula is C20H19IN2O5S2. The normalized spacial score (nSPS) is 11.7. The Balaban J connectivity index is 1.80. The number of benzene rings is 3. The van der Waals surface area contributed by atoms with E-state index in [0.717, 1.165) is 5.56 Å². The Labute approximate surface area is 189 Å². The molecule has 0 amide bonds. The van der Waals surface area contributed by atoms with Gasteiger partial charge in [-0.3, -0.25) is 9.44 Å². The molecule has 0 spiro atoms. The van der Waals surface area contributed by atoms with Gasteiger partial charge < -0.3 is 4.74 Å². The quantitative estimate of drug-likeness (QED) is 0.424. The number of aryl methyl sites for hydroxylation is 1. The monoisotopic (exact) mass is 558 g/mol. The fraction of sp³-hybridized carbons (Fsp3) is 0.100. The van der Waals surface area contributed by atoms with Crippen molar-refractivity contribution in [3.63, 3.8) is 0 Å². The standard InChI is InChI=1S/C20H19IN2O5S2/c1-14-5-3-4-6-19(14)23-29(24,25)16-9-7-15(8-10-16)22-30(26,27)17-11-12-20(28-2)18(21)13-17/h3-13,22-23H,1-2H3. The van der Waals surface area contributed by atoms with Crippen molar-refractivity contribution in [2.45, 2.75) is 16.7 Å². The highest BCUT2D eigenvalue weighted by atomic mass is 127.